The Kier molecular flexibility index (Phi) is 10.4. The summed E-state index contributed by atoms with van der Waals surface area (Å²) < 4.78 is 11.2. The van der Waals surface area contributed by atoms with Crippen molar-refractivity contribution < 1.29 is 23.9 Å². The van der Waals surface area contributed by atoms with Crippen molar-refractivity contribution in [1.29, 1.82) is 0 Å². The van der Waals surface area contributed by atoms with Crippen LogP contribution in [0.5, 0.6) is 5.75 Å². The van der Waals surface area contributed by atoms with Crippen LogP contribution in [0.1, 0.15) is 71.2 Å². The summed E-state index contributed by atoms with van der Waals surface area (Å²) >= 11 is 0. The molecule has 5 atom stereocenters. The maximum absolute atomic E-state index is 14.0. The van der Waals surface area contributed by atoms with E-state index in [0.717, 1.165) is 44.1 Å². The molecule has 0 bridgehead atoms. The first kappa shape index (κ1) is 31.0. The molecule has 3 N–H and O–H groups in total. The van der Waals surface area contributed by atoms with Crippen molar-refractivity contribution in [3.63, 3.8) is 0 Å². The summed E-state index contributed by atoms with van der Waals surface area (Å²) in [5.41, 5.74) is 8.07. The third-order valence-electron chi connectivity index (χ3n) is 9.39. The van der Waals surface area contributed by atoms with E-state index in [0.29, 0.717) is 61.4 Å². The minimum Gasteiger partial charge on any atom is -0.497 e. The molecule has 5 rings (SSSR count). The predicted molar refractivity (Wildman–Crippen MR) is 165 cm³/mol. The quantitative estimate of drug-likeness (QED) is 0.435. The smallest absolute Gasteiger partial charge is 0.254 e. The molecular formula is C34H46N4O5. The highest BCUT2D eigenvalue weighted by atomic mass is 16.5. The highest BCUT2D eigenvalue weighted by molar-refractivity contribution is 5.99. The van der Waals surface area contributed by atoms with Crippen molar-refractivity contribution in [3.05, 3.63) is 65.2 Å². The van der Waals surface area contributed by atoms with Crippen LogP contribution < -0.4 is 15.8 Å². The van der Waals surface area contributed by atoms with Crippen molar-refractivity contribution in [2.24, 2.45) is 17.6 Å². The van der Waals surface area contributed by atoms with Crippen LogP contribution in [0.2, 0.25) is 0 Å². The number of hydrogen-bond donors (Lipinski definition) is 2. The SMILES string of the molecule is COc1ccc(C(=O)N(CC2CCCO2)C2CC(C(=O)NCC3CCCC(CN)C3)N(C(=O)c3ccc(C)cc3)C2)cc1. The Morgan fingerprint density at radius 3 is 2.37 bits per heavy atom. The van der Waals surface area contributed by atoms with Gasteiger partial charge in [0.15, 0.2) is 0 Å². The van der Waals surface area contributed by atoms with E-state index in [-0.39, 0.29) is 36.4 Å². The number of carbonyl (C=O) groups is 3. The zero-order chi connectivity index (χ0) is 30.3. The van der Waals surface area contributed by atoms with Gasteiger partial charge in [-0.05, 0) is 100 Å². The zero-order valence-electron chi connectivity index (χ0n) is 25.5. The Labute approximate surface area is 255 Å². The molecule has 232 valence electrons. The average Bonchev–Trinajstić information content (AvgIpc) is 3.73. The monoisotopic (exact) mass is 590 g/mol. The van der Waals surface area contributed by atoms with Gasteiger partial charge in [-0.2, -0.15) is 0 Å². The van der Waals surface area contributed by atoms with Crippen LogP contribution >= 0.6 is 0 Å². The molecule has 1 saturated carbocycles. The summed E-state index contributed by atoms with van der Waals surface area (Å²) in [4.78, 5) is 45.1. The molecule has 2 heterocycles. The number of nitrogens with two attached hydrogens (primary N) is 1. The van der Waals surface area contributed by atoms with Crippen LogP contribution in [-0.4, -0.2) is 85.6 Å². The van der Waals surface area contributed by atoms with Crippen molar-refractivity contribution in [2.75, 3.05) is 39.9 Å². The first-order valence-corrected chi connectivity index (χ1v) is 15.8. The number of ether oxygens (including phenoxy) is 2. The number of nitrogens with zero attached hydrogens (tertiary/aromatic N) is 2. The van der Waals surface area contributed by atoms with Crippen molar-refractivity contribution in [1.82, 2.24) is 15.1 Å². The molecule has 2 aromatic rings. The molecule has 9 nitrogen and oxygen atoms in total. The van der Waals surface area contributed by atoms with Crippen molar-refractivity contribution in [3.8, 4) is 5.75 Å². The fraction of sp³-hybridized carbons (Fsp3) is 0.559. The lowest BCUT2D eigenvalue weighted by molar-refractivity contribution is -0.125. The van der Waals surface area contributed by atoms with Gasteiger partial charge in [0.05, 0.1) is 19.3 Å². The van der Waals surface area contributed by atoms with Gasteiger partial charge in [0.2, 0.25) is 5.91 Å². The second-order valence-corrected chi connectivity index (χ2v) is 12.4. The molecule has 3 amide bonds. The van der Waals surface area contributed by atoms with E-state index in [1.54, 1.807) is 36.3 Å². The van der Waals surface area contributed by atoms with Crippen LogP contribution in [-0.2, 0) is 9.53 Å². The molecular weight excluding hydrogens is 544 g/mol. The van der Waals surface area contributed by atoms with E-state index in [1.807, 2.05) is 36.1 Å². The van der Waals surface area contributed by atoms with E-state index in [9.17, 15) is 14.4 Å². The highest BCUT2D eigenvalue weighted by Crippen LogP contribution is 2.30. The maximum Gasteiger partial charge on any atom is 0.254 e. The maximum atomic E-state index is 14.0. The topological polar surface area (TPSA) is 114 Å². The fourth-order valence-corrected chi connectivity index (χ4v) is 6.84. The molecule has 2 aliphatic heterocycles. The summed E-state index contributed by atoms with van der Waals surface area (Å²) in [7, 11) is 1.59. The summed E-state index contributed by atoms with van der Waals surface area (Å²) in [6.45, 7) is 4.60. The van der Waals surface area contributed by atoms with Crippen molar-refractivity contribution in [2.45, 2.75) is 70.1 Å². The Balaban J connectivity index is 1.38. The van der Waals surface area contributed by atoms with E-state index >= 15 is 0 Å². The number of carbonyl (C=O) groups excluding carboxylic acids is 3. The second-order valence-electron chi connectivity index (χ2n) is 12.4. The molecule has 2 aromatic carbocycles. The second kappa shape index (κ2) is 14.4. The molecule has 2 saturated heterocycles. The van der Waals surface area contributed by atoms with Crippen LogP contribution in [0, 0.1) is 18.8 Å². The van der Waals surface area contributed by atoms with Crippen LogP contribution in [0.15, 0.2) is 48.5 Å². The molecule has 0 aromatic heterocycles. The molecule has 3 aliphatic rings. The Morgan fingerprint density at radius 1 is 0.977 bits per heavy atom. The van der Waals surface area contributed by atoms with Crippen LogP contribution in [0.25, 0.3) is 0 Å². The number of hydrogen-bond acceptors (Lipinski definition) is 6. The molecule has 0 spiro atoms. The summed E-state index contributed by atoms with van der Waals surface area (Å²) in [5, 5.41) is 3.17. The minimum absolute atomic E-state index is 0.0712. The third-order valence-corrected chi connectivity index (χ3v) is 9.39. The molecule has 3 fully saturated rings. The van der Waals surface area contributed by atoms with Gasteiger partial charge in [-0.25, -0.2) is 0 Å². The lowest BCUT2D eigenvalue weighted by Gasteiger charge is -2.31. The average molecular weight is 591 g/mol. The lowest BCUT2D eigenvalue weighted by Crippen LogP contribution is -2.47. The standard InChI is InChI=1S/C34H46N4O5/c1-23-8-10-26(11-9-23)34(41)38-21-28(18-31(38)32(39)36-20-25-6-3-5-24(17-25)19-35)37(22-30-7-4-16-43-30)33(40)27-12-14-29(42-2)15-13-27/h8-15,24-25,28,30-31H,3-7,16-22,35H2,1-2H3,(H,36,39). The number of amides is 3. The first-order valence-electron chi connectivity index (χ1n) is 15.8. The molecule has 1 aliphatic carbocycles. The molecule has 43 heavy (non-hydrogen) atoms. The summed E-state index contributed by atoms with van der Waals surface area (Å²) in [6, 6.07) is 13.5. The molecule has 0 radical (unpaired) electrons. The zero-order valence-corrected chi connectivity index (χ0v) is 25.5. The van der Waals surface area contributed by atoms with E-state index in [1.165, 1.54) is 0 Å². The predicted octanol–water partition coefficient (Wildman–Crippen LogP) is 3.79. The number of nitrogens with one attached hydrogen (secondary N) is 1. The van der Waals surface area contributed by atoms with Gasteiger partial charge in [-0.15, -0.1) is 0 Å². The fourth-order valence-electron chi connectivity index (χ4n) is 6.84. The van der Waals surface area contributed by atoms with Gasteiger partial charge in [0.25, 0.3) is 11.8 Å². The Hall–Kier alpha value is -3.43. The number of methoxy groups -OCH3 is 1. The molecule has 9 heteroatoms. The first-order chi connectivity index (χ1) is 20.9. The van der Waals surface area contributed by atoms with Crippen LogP contribution in [0.4, 0.5) is 0 Å². The van der Waals surface area contributed by atoms with Gasteiger partial charge in [0.1, 0.15) is 11.8 Å². The van der Waals surface area contributed by atoms with Gasteiger partial charge in [-0.1, -0.05) is 24.1 Å². The van der Waals surface area contributed by atoms with Gasteiger partial charge < -0.3 is 30.3 Å². The minimum atomic E-state index is -0.677. The van der Waals surface area contributed by atoms with E-state index in [4.69, 9.17) is 15.2 Å². The largest absolute Gasteiger partial charge is 0.497 e. The lowest BCUT2D eigenvalue weighted by atomic mass is 9.81. The number of rotatable bonds is 10. The van der Waals surface area contributed by atoms with E-state index < -0.39 is 6.04 Å². The summed E-state index contributed by atoms with van der Waals surface area (Å²) in [5.74, 6) is 1.07. The molecule has 5 unspecified atom stereocenters. The number of benzene rings is 2. The normalized spacial score (nSPS) is 25.4. The van der Waals surface area contributed by atoms with E-state index in [2.05, 4.69) is 5.32 Å². The summed E-state index contributed by atoms with van der Waals surface area (Å²) in [6.07, 6.45) is 6.48. The Bertz CT molecular complexity index is 1240. The number of aryl methyl sites for hydroxylation is 1. The van der Waals surface area contributed by atoms with Gasteiger partial charge in [0, 0.05) is 37.4 Å². The Morgan fingerprint density at radius 2 is 1.70 bits per heavy atom. The highest BCUT2D eigenvalue weighted by Gasteiger charge is 2.44. The number of likely N-dealkylation sites (tertiary alicyclic amines) is 1. The van der Waals surface area contributed by atoms with Crippen LogP contribution in [0.3, 0.4) is 0 Å². The third kappa shape index (κ3) is 7.57. The van der Waals surface area contributed by atoms with Crippen molar-refractivity contribution >= 4 is 17.7 Å². The van der Waals surface area contributed by atoms with Gasteiger partial charge in [-0.3, -0.25) is 14.4 Å². The van der Waals surface area contributed by atoms with Gasteiger partial charge >= 0.3 is 0 Å².